The first-order valence-electron chi connectivity index (χ1n) is 15.0. The van der Waals surface area contributed by atoms with Crippen molar-refractivity contribution in [3.05, 3.63) is 71.9 Å². The summed E-state index contributed by atoms with van der Waals surface area (Å²) in [5.74, 6) is -3.11. The molecule has 2 aromatic carbocycles. The topological polar surface area (TPSA) is 231 Å². The molecule has 0 aliphatic carbocycles. The van der Waals surface area contributed by atoms with E-state index in [0.717, 1.165) is 22.0 Å². The zero-order chi connectivity index (χ0) is 32.9. The van der Waals surface area contributed by atoms with Crippen molar-refractivity contribution in [2.24, 2.45) is 28.1 Å². The van der Waals surface area contributed by atoms with E-state index in [9.17, 15) is 24.3 Å². The van der Waals surface area contributed by atoms with Gasteiger partial charge in [0.2, 0.25) is 17.7 Å². The van der Waals surface area contributed by atoms with E-state index in [2.05, 4.69) is 25.9 Å². The van der Waals surface area contributed by atoms with Gasteiger partial charge in [-0.1, -0.05) is 62.4 Å². The lowest BCUT2D eigenvalue weighted by Gasteiger charge is -2.25. The summed E-state index contributed by atoms with van der Waals surface area (Å²) in [5.41, 5.74) is 19.7. The van der Waals surface area contributed by atoms with Crippen LogP contribution in [0, 0.1) is 5.92 Å². The molecule has 0 aliphatic heterocycles. The number of nitrogens with two attached hydrogens (primary N) is 3. The maximum Gasteiger partial charge on any atom is 0.326 e. The molecule has 13 heteroatoms. The Kier molecular flexibility index (Phi) is 12.9. The van der Waals surface area contributed by atoms with Gasteiger partial charge in [-0.05, 0) is 48.8 Å². The number of amides is 3. The molecule has 0 aliphatic rings. The number of carboxylic acids is 1. The van der Waals surface area contributed by atoms with Gasteiger partial charge in [0.15, 0.2) is 5.96 Å². The molecule has 4 unspecified atom stereocenters. The summed E-state index contributed by atoms with van der Waals surface area (Å²) in [5, 5.41) is 18.6. The second-order valence-electron chi connectivity index (χ2n) is 11.5. The van der Waals surface area contributed by atoms with Gasteiger partial charge in [-0.3, -0.25) is 19.4 Å². The highest BCUT2D eigenvalue weighted by molar-refractivity contribution is 5.94. The number of carboxylic acid groups (broad SMARTS) is 1. The van der Waals surface area contributed by atoms with Gasteiger partial charge in [-0.15, -0.1) is 0 Å². The van der Waals surface area contributed by atoms with Crippen LogP contribution in [0.3, 0.4) is 0 Å². The van der Waals surface area contributed by atoms with Crippen LogP contribution in [0.15, 0.2) is 65.8 Å². The molecule has 13 nitrogen and oxygen atoms in total. The van der Waals surface area contributed by atoms with Gasteiger partial charge in [0, 0.05) is 30.1 Å². The normalized spacial score (nSPS) is 13.8. The first-order chi connectivity index (χ1) is 21.4. The van der Waals surface area contributed by atoms with Crippen LogP contribution < -0.4 is 33.2 Å². The van der Waals surface area contributed by atoms with Gasteiger partial charge in [0.25, 0.3) is 0 Å². The third-order valence-electron chi connectivity index (χ3n) is 7.27. The Bertz CT molecular complexity index is 1470. The Labute approximate surface area is 262 Å². The minimum atomic E-state index is -1.18. The number of aromatic amines is 1. The van der Waals surface area contributed by atoms with Crippen molar-refractivity contribution in [2.75, 3.05) is 6.54 Å². The van der Waals surface area contributed by atoms with Gasteiger partial charge in [-0.2, -0.15) is 0 Å². The van der Waals surface area contributed by atoms with Crippen LogP contribution in [0.25, 0.3) is 10.9 Å². The van der Waals surface area contributed by atoms with Crippen molar-refractivity contribution in [2.45, 2.75) is 70.1 Å². The van der Waals surface area contributed by atoms with E-state index in [1.807, 2.05) is 68.4 Å². The lowest BCUT2D eigenvalue weighted by atomic mass is 10.0. The number of para-hydroxylation sites is 1. The van der Waals surface area contributed by atoms with E-state index in [1.165, 1.54) is 0 Å². The molecule has 0 saturated heterocycles. The number of aliphatic carboxylic acids is 1. The molecular weight excluding hydrogens is 576 g/mol. The molecule has 11 N–H and O–H groups in total. The third-order valence-corrected chi connectivity index (χ3v) is 7.27. The van der Waals surface area contributed by atoms with Crippen LogP contribution in [0.5, 0.6) is 0 Å². The molecule has 1 aromatic heterocycles. The first kappa shape index (κ1) is 34.6. The van der Waals surface area contributed by atoms with Crippen molar-refractivity contribution in [1.82, 2.24) is 20.9 Å². The highest BCUT2D eigenvalue weighted by Gasteiger charge is 2.31. The zero-order valence-electron chi connectivity index (χ0n) is 25.7. The fourth-order valence-corrected chi connectivity index (χ4v) is 4.98. The monoisotopic (exact) mass is 620 g/mol. The maximum atomic E-state index is 13.7. The predicted molar refractivity (Wildman–Crippen MR) is 173 cm³/mol. The van der Waals surface area contributed by atoms with Crippen LogP contribution in [-0.4, -0.2) is 70.5 Å². The van der Waals surface area contributed by atoms with Crippen molar-refractivity contribution >= 4 is 40.6 Å². The van der Waals surface area contributed by atoms with Crippen molar-refractivity contribution < 1.29 is 24.3 Å². The highest BCUT2D eigenvalue weighted by Crippen LogP contribution is 2.19. The Morgan fingerprint density at radius 3 is 2.13 bits per heavy atom. The smallest absolute Gasteiger partial charge is 0.326 e. The molecule has 0 saturated carbocycles. The van der Waals surface area contributed by atoms with E-state index >= 15 is 0 Å². The minimum absolute atomic E-state index is 0.000221. The average molecular weight is 621 g/mol. The van der Waals surface area contributed by atoms with E-state index in [1.54, 1.807) is 6.20 Å². The largest absolute Gasteiger partial charge is 0.480 e. The van der Waals surface area contributed by atoms with Crippen LogP contribution >= 0.6 is 0 Å². The summed E-state index contributed by atoms with van der Waals surface area (Å²) < 4.78 is 0. The standard InChI is InChI=1S/C32H44N8O5/c1-19(2)15-27(31(44)45)40-29(42)25(13-8-14-36-32(34)35)38-30(43)26(16-20-9-4-3-5-10-20)39-28(41)23(33)17-21-18-37-24-12-7-6-11-22(21)24/h3-7,9-12,18-19,23,25-27,37H,8,13-17,33H2,1-2H3,(H,38,43)(H,39,41)(H,40,42)(H,44,45)(H4,34,35,36). The summed E-state index contributed by atoms with van der Waals surface area (Å²) in [6, 6.07) is 12.5. The van der Waals surface area contributed by atoms with Crippen molar-refractivity contribution in [1.29, 1.82) is 0 Å². The van der Waals surface area contributed by atoms with E-state index < -0.39 is 47.9 Å². The van der Waals surface area contributed by atoms with E-state index in [4.69, 9.17) is 17.2 Å². The highest BCUT2D eigenvalue weighted by atomic mass is 16.4. The van der Waals surface area contributed by atoms with E-state index in [-0.39, 0.29) is 44.1 Å². The second kappa shape index (κ2) is 16.8. The lowest BCUT2D eigenvalue weighted by Crippen LogP contribution is -2.57. The SMILES string of the molecule is CC(C)CC(NC(=O)C(CCCN=C(N)N)NC(=O)C(Cc1ccccc1)NC(=O)C(N)Cc1c[nH]c2ccccc12)C(=O)O. The number of nitrogens with zero attached hydrogens (tertiary/aromatic N) is 1. The fourth-order valence-electron chi connectivity index (χ4n) is 4.98. The number of fused-ring (bicyclic) bond motifs is 1. The summed E-state index contributed by atoms with van der Waals surface area (Å²) in [6.45, 7) is 3.89. The molecule has 0 bridgehead atoms. The van der Waals surface area contributed by atoms with Crippen LogP contribution in [-0.2, 0) is 32.0 Å². The molecule has 0 fully saturated rings. The molecular formula is C32H44N8O5. The number of aliphatic imine (C=N–C) groups is 1. The summed E-state index contributed by atoms with van der Waals surface area (Å²) in [4.78, 5) is 59.3. The molecule has 3 aromatic rings. The number of aromatic nitrogens is 1. The van der Waals surface area contributed by atoms with Crippen LogP contribution in [0.2, 0.25) is 0 Å². The number of carbonyl (C=O) groups is 4. The molecule has 242 valence electrons. The average Bonchev–Trinajstić information content (AvgIpc) is 3.40. The molecule has 4 atom stereocenters. The van der Waals surface area contributed by atoms with Gasteiger partial charge >= 0.3 is 5.97 Å². The van der Waals surface area contributed by atoms with Gasteiger partial charge < -0.3 is 43.2 Å². The minimum Gasteiger partial charge on any atom is -0.480 e. The zero-order valence-corrected chi connectivity index (χ0v) is 25.7. The van der Waals surface area contributed by atoms with Gasteiger partial charge in [0.05, 0.1) is 6.04 Å². The lowest BCUT2D eigenvalue weighted by molar-refractivity contribution is -0.142. The number of rotatable bonds is 17. The van der Waals surface area contributed by atoms with Gasteiger partial charge in [-0.25, -0.2) is 4.79 Å². The molecule has 0 radical (unpaired) electrons. The third kappa shape index (κ3) is 10.9. The number of nitrogens with one attached hydrogen (secondary N) is 4. The molecule has 3 rings (SSSR count). The predicted octanol–water partition coefficient (Wildman–Crippen LogP) is 0.919. The fraction of sp³-hybridized carbons (Fsp3) is 0.406. The Morgan fingerprint density at radius 2 is 1.47 bits per heavy atom. The first-order valence-corrected chi connectivity index (χ1v) is 15.0. The number of carbonyl (C=O) groups excluding carboxylic acids is 3. The molecule has 1 heterocycles. The van der Waals surface area contributed by atoms with Crippen molar-refractivity contribution in [3.63, 3.8) is 0 Å². The molecule has 3 amide bonds. The summed E-state index contributed by atoms with van der Waals surface area (Å²) in [7, 11) is 0. The van der Waals surface area contributed by atoms with E-state index in [0.29, 0.717) is 6.42 Å². The molecule has 0 spiro atoms. The van der Waals surface area contributed by atoms with Crippen molar-refractivity contribution in [3.8, 4) is 0 Å². The summed E-state index contributed by atoms with van der Waals surface area (Å²) in [6.07, 6.45) is 2.82. The Hall–Kier alpha value is -4.91. The number of hydrogen-bond donors (Lipinski definition) is 8. The Balaban J connectivity index is 1.79. The maximum absolute atomic E-state index is 13.7. The quantitative estimate of drug-likeness (QED) is 0.0613. The van der Waals surface area contributed by atoms with Crippen LogP contribution in [0.1, 0.15) is 44.2 Å². The number of benzene rings is 2. The number of guanidine groups is 1. The summed E-state index contributed by atoms with van der Waals surface area (Å²) >= 11 is 0. The number of H-pyrrole nitrogens is 1. The Morgan fingerprint density at radius 1 is 0.844 bits per heavy atom. The van der Waals surface area contributed by atoms with Gasteiger partial charge in [0.1, 0.15) is 18.1 Å². The second-order valence-corrected chi connectivity index (χ2v) is 11.5. The number of hydrogen-bond acceptors (Lipinski definition) is 6. The molecule has 45 heavy (non-hydrogen) atoms. The van der Waals surface area contributed by atoms with Crippen LogP contribution in [0.4, 0.5) is 0 Å².